The van der Waals surface area contributed by atoms with Gasteiger partial charge in [-0.05, 0) is 31.0 Å². The molecule has 5 nitrogen and oxygen atoms in total. The van der Waals surface area contributed by atoms with E-state index in [1.807, 2.05) is 12.1 Å². The molecule has 3 rings (SSSR count). The first kappa shape index (κ1) is 14.4. The van der Waals surface area contributed by atoms with Gasteiger partial charge in [0.05, 0.1) is 18.3 Å². The maximum absolute atomic E-state index is 12.0. The number of aromatic hydroxyl groups is 1. The molecule has 1 aliphatic heterocycles. The van der Waals surface area contributed by atoms with Crippen LogP contribution in [0.2, 0.25) is 0 Å². The van der Waals surface area contributed by atoms with Gasteiger partial charge in [-0.15, -0.1) is 0 Å². The SMILES string of the molecule is O=C(Cc1ccccc1O)Nc1ccc(N2CCCC2)nc1. The largest absolute Gasteiger partial charge is 0.508 e. The molecule has 0 saturated carbocycles. The number of benzene rings is 1. The van der Waals surface area contributed by atoms with E-state index >= 15 is 0 Å². The summed E-state index contributed by atoms with van der Waals surface area (Å²) >= 11 is 0. The fourth-order valence-corrected chi connectivity index (χ4v) is 2.63. The Balaban J connectivity index is 1.60. The molecule has 0 spiro atoms. The van der Waals surface area contributed by atoms with Gasteiger partial charge in [-0.1, -0.05) is 18.2 Å². The monoisotopic (exact) mass is 297 g/mol. The number of pyridine rings is 1. The van der Waals surface area contributed by atoms with Crippen LogP contribution >= 0.6 is 0 Å². The second kappa shape index (κ2) is 6.47. The summed E-state index contributed by atoms with van der Waals surface area (Å²) in [5.41, 5.74) is 1.28. The highest BCUT2D eigenvalue weighted by atomic mass is 16.3. The molecule has 0 radical (unpaired) electrons. The van der Waals surface area contributed by atoms with E-state index in [2.05, 4.69) is 15.2 Å². The Morgan fingerprint density at radius 2 is 1.95 bits per heavy atom. The van der Waals surface area contributed by atoms with E-state index in [0.29, 0.717) is 11.3 Å². The topological polar surface area (TPSA) is 65.5 Å². The van der Waals surface area contributed by atoms with Crippen molar-refractivity contribution in [3.05, 3.63) is 48.2 Å². The van der Waals surface area contributed by atoms with E-state index in [1.165, 1.54) is 12.8 Å². The number of amides is 1. The molecule has 114 valence electrons. The number of hydrogen-bond acceptors (Lipinski definition) is 4. The average Bonchev–Trinajstić information content (AvgIpc) is 3.05. The number of anilines is 2. The highest BCUT2D eigenvalue weighted by molar-refractivity contribution is 5.92. The highest BCUT2D eigenvalue weighted by Gasteiger charge is 2.13. The first-order valence-corrected chi connectivity index (χ1v) is 7.50. The normalized spacial score (nSPS) is 14.1. The highest BCUT2D eigenvalue weighted by Crippen LogP contribution is 2.20. The van der Waals surface area contributed by atoms with Crippen molar-refractivity contribution in [2.75, 3.05) is 23.3 Å². The van der Waals surface area contributed by atoms with Crippen LogP contribution in [0.4, 0.5) is 11.5 Å². The standard InChI is InChI=1S/C17H19N3O2/c21-15-6-2-1-5-13(15)11-17(22)19-14-7-8-16(18-12-14)20-9-3-4-10-20/h1-2,5-8,12,21H,3-4,9-11H2,(H,19,22). The van der Waals surface area contributed by atoms with Gasteiger partial charge in [0, 0.05) is 18.7 Å². The summed E-state index contributed by atoms with van der Waals surface area (Å²) in [6, 6.07) is 10.6. The van der Waals surface area contributed by atoms with Crippen molar-refractivity contribution in [1.29, 1.82) is 0 Å². The summed E-state index contributed by atoms with van der Waals surface area (Å²) in [5.74, 6) is 0.925. The molecule has 0 aliphatic carbocycles. The van der Waals surface area contributed by atoms with Crippen LogP contribution in [0.15, 0.2) is 42.6 Å². The fraction of sp³-hybridized carbons (Fsp3) is 0.294. The summed E-state index contributed by atoms with van der Waals surface area (Å²) < 4.78 is 0. The molecule has 0 unspecified atom stereocenters. The second-order valence-corrected chi connectivity index (χ2v) is 5.45. The molecule has 0 atom stereocenters. The Hall–Kier alpha value is -2.56. The number of para-hydroxylation sites is 1. The molecule has 1 aromatic heterocycles. The average molecular weight is 297 g/mol. The van der Waals surface area contributed by atoms with Crippen LogP contribution in [0, 0.1) is 0 Å². The Bertz CT molecular complexity index is 649. The van der Waals surface area contributed by atoms with Crippen molar-refractivity contribution in [2.24, 2.45) is 0 Å². The van der Waals surface area contributed by atoms with E-state index < -0.39 is 0 Å². The number of nitrogens with one attached hydrogen (secondary N) is 1. The van der Waals surface area contributed by atoms with Gasteiger partial charge >= 0.3 is 0 Å². The number of hydrogen-bond donors (Lipinski definition) is 2. The molecule has 1 saturated heterocycles. The molecule has 5 heteroatoms. The zero-order valence-electron chi connectivity index (χ0n) is 12.3. The van der Waals surface area contributed by atoms with Crippen LogP contribution in [-0.2, 0) is 11.2 Å². The lowest BCUT2D eigenvalue weighted by Crippen LogP contribution is -2.19. The van der Waals surface area contributed by atoms with Crippen LogP contribution in [0.5, 0.6) is 5.75 Å². The van der Waals surface area contributed by atoms with Gasteiger partial charge in [-0.3, -0.25) is 4.79 Å². The Labute approximate surface area is 129 Å². The molecular formula is C17H19N3O2. The quantitative estimate of drug-likeness (QED) is 0.910. The summed E-state index contributed by atoms with van der Waals surface area (Å²) in [6.45, 7) is 2.10. The van der Waals surface area contributed by atoms with Gasteiger partial charge in [0.2, 0.25) is 5.91 Å². The van der Waals surface area contributed by atoms with Crippen molar-refractivity contribution in [3.8, 4) is 5.75 Å². The van der Waals surface area contributed by atoms with Crippen LogP contribution in [0.3, 0.4) is 0 Å². The van der Waals surface area contributed by atoms with Crippen molar-refractivity contribution in [1.82, 2.24) is 4.98 Å². The summed E-state index contributed by atoms with van der Waals surface area (Å²) in [6.07, 6.45) is 4.23. The smallest absolute Gasteiger partial charge is 0.228 e. The molecular weight excluding hydrogens is 278 g/mol. The van der Waals surface area contributed by atoms with E-state index in [-0.39, 0.29) is 18.1 Å². The van der Waals surface area contributed by atoms with Crippen LogP contribution in [-0.4, -0.2) is 29.1 Å². The fourth-order valence-electron chi connectivity index (χ4n) is 2.63. The van der Waals surface area contributed by atoms with Crippen LogP contribution < -0.4 is 10.2 Å². The number of nitrogens with zero attached hydrogens (tertiary/aromatic N) is 2. The van der Waals surface area contributed by atoms with E-state index in [0.717, 1.165) is 18.9 Å². The Morgan fingerprint density at radius 3 is 2.64 bits per heavy atom. The Kier molecular flexibility index (Phi) is 4.23. The first-order chi connectivity index (χ1) is 10.7. The van der Waals surface area contributed by atoms with Crippen molar-refractivity contribution < 1.29 is 9.90 Å². The number of phenolic OH excluding ortho intramolecular Hbond substituents is 1. The third-order valence-corrected chi connectivity index (χ3v) is 3.80. The molecule has 2 aromatic rings. The van der Waals surface area contributed by atoms with Gasteiger partial charge in [-0.2, -0.15) is 0 Å². The zero-order chi connectivity index (χ0) is 15.4. The van der Waals surface area contributed by atoms with Gasteiger partial charge < -0.3 is 15.3 Å². The lowest BCUT2D eigenvalue weighted by Gasteiger charge is -2.16. The minimum atomic E-state index is -0.169. The van der Waals surface area contributed by atoms with Gasteiger partial charge in [0.15, 0.2) is 0 Å². The maximum atomic E-state index is 12.0. The predicted molar refractivity (Wildman–Crippen MR) is 86.1 cm³/mol. The lowest BCUT2D eigenvalue weighted by atomic mass is 10.1. The van der Waals surface area contributed by atoms with Crippen LogP contribution in [0.1, 0.15) is 18.4 Å². The van der Waals surface area contributed by atoms with Crippen molar-refractivity contribution in [3.63, 3.8) is 0 Å². The molecule has 1 fully saturated rings. The molecule has 22 heavy (non-hydrogen) atoms. The van der Waals surface area contributed by atoms with Gasteiger partial charge in [0.1, 0.15) is 11.6 Å². The molecule has 0 bridgehead atoms. The number of rotatable bonds is 4. The van der Waals surface area contributed by atoms with E-state index in [9.17, 15) is 9.90 Å². The molecule has 2 N–H and O–H groups in total. The first-order valence-electron chi connectivity index (χ1n) is 7.50. The number of aromatic nitrogens is 1. The maximum Gasteiger partial charge on any atom is 0.228 e. The minimum absolute atomic E-state index is 0.139. The van der Waals surface area contributed by atoms with Crippen molar-refractivity contribution >= 4 is 17.4 Å². The summed E-state index contributed by atoms with van der Waals surface area (Å²) in [5, 5.41) is 12.5. The third-order valence-electron chi connectivity index (χ3n) is 3.80. The lowest BCUT2D eigenvalue weighted by molar-refractivity contribution is -0.115. The zero-order valence-corrected chi connectivity index (χ0v) is 12.3. The summed E-state index contributed by atoms with van der Waals surface area (Å²) in [7, 11) is 0. The summed E-state index contributed by atoms with van der Waals surface area (Å²) in [4.78, 5) is 18.7. The van der Waals surface area contributed by atoms with Crippen LogP contribution in [0.25, 0.3) is 0 Å². The van der Waals surface area contributed by atoms with Gasteiger partial charge in [-0.25, -0.2) is 4.98 Å². The van der Waals surface area contributed by atoms with E-state index in [1.54, 1.807) is 30.5 Å². The minimum Gasteiger partial charge on any atom is -0.508 e. The second-order valence-electron chi connectivity index (χ2n) is 5.45. The van der Waals surface area contributed by atoms with Gasteiger partial charge in [0.25, 0.3) is 0 Å². The number of carbonyl (C=O) groups excluding carboxylic acids is 1. The third kappa shape index (κ3) is 3.36. The molecule has 1 amide bonds. The molecule has 1 aromatic carbocycles. The predicted octanol–water partition coefficient (Wildman–Crippen LogP) is 2.57. The Morgan fingerprint density at radius 1 is 1.18 bits per heavy atom. The van der Waals surface area contributed by atoms with Crippen molar-refractivity contribution in [2.45, 2.75) is 19.3 Å². The molecule has 1 aliphatic rings. The number of carbonyl (C=O) groups is 1. The van der Waals surface area contributed by atoms with E-state index in [4.69, 9.17) is 0 Å². The molecule has 2 heterocycles. The number of phenols is 1.